The number of aromatic nitrogens is 1. The first kappa shape index (κ1) is 16.4. The highest BCUT2D eigenvalue weighted by Gasteiger charge is 2.34. The maximum absolute atomic E-state index is 12.3. The van der Waals surface area contributed by atoms with Crippen molar-refractivity contribution in [2.24, 2.45) is 0 Å². The van der Waals surface area contributed by atoms with Gasteiger partial charge in [0.05, 0.1) is 11.9 Å². The van der Waals surface area contributed by atoms with E-state index >= 15 is 0 Å². The standard InChI is InChI=1S/C16H26N4O2/c1-11-10-20(15(21)22-16(3,4)5)12(2)9-19(11)13-6-7-14(17)18-8-13/h6-8,11-12H,9-10H2,1-5H3,(H2,17,18)/t11-,12+/m1/s1. The molecule has 0 spiro atoms. The summed E-state index contributed by atoms with van der Waals surface area (Å²) in [6.45, 7) is 11.2. The van der Waals surface area contributed by atoms with E-state index < -0.39 is 5.60 Å². The van der Waals surface area contributed by atoms with Gasteiger partial charge in [-0.15, -0.1) is 0 Å². The van der Waals surface area contributed by atoms with Gasteiger partial charge in [-0.1, -0.05) is 0 Å². The Kier molecular flexibility index (Phi) is 4.49. The van der Waals surface area contributed by atoms with E-state index in [1.807, 2.05) is 33.8 Å². The van der Waals surface area contributed by atoms with Crippen LogP contribution in [0.15, 0.2) is 18.3 Å². The van der Waals surface area contributed by atoms with E-state index in [0.717, 1.165) is 12.2 Å². The Labute approximate surface area is 132 Å². The second-order valence-electron chi connectivity index (χ2n) is 6.92. The third kappa shape index (κ3) is 3.81. The van der Waals surface area contributed by atoms with Crippen molar-refractivity contribution in [1.29, 1.82) is 0 Å². The second kappa shape index (κ2) is 6.02. The third-order valence-corrected chi connectivity index (χ3v) is 3.72. The predicted molar refractivity (Wildman–Crippen MR) is 87.9 cm³/mol. The zero-order valence-electron chi connectivity index (χ0n) is 14.0. The molecule has 1 aliphatic heterocycles. The highest BCUT2D eigenvalue weighted by atomic mass is 16.6. The summed E-state index contributed by atoms with van der Waals surface area (Å²) in [6, 6.07) is 4.03. The zero-order valence-corrected chi connectivity index (χ0v) is 14.0. The van der Waals surface area contributed by atoms with Gasteiger partial charge in [0, 0.05) is 25.2 Å². The molecule has 6 heteroatoms. The highest BCUT2D eigenvalue weighted by Crippen LogP contribution is 2.24. The topological polar surface area (TPSA) is 71.7 Å². The number of rotatable bonds is 1. The summed E-state index contributed by atoms with van der Waals surface area (Å²) in [5.74, 6) is 0.511. The van der Waals surface area contributed by atoms with Crippen molar-refractivity contribution in [3.05, 3.63) is 18.3 Å². The van der Waals surface area contributed by atoms with E-state index in [2.05, 4.69) is 16.8 Å². The minimum atomic E-state index is -0.474. The molecule has 6 nitrogen and oxygen atoms in total. The number of nitrogen functional groups attached to an aromatic ring is 1. The van der Waals surface area contributed by atoms with E-state index in [4.69, 9.17) is 10.5 Å². The van der Waals surface area contributed by atoms with Gasteiger partial charge in [-0.2, -0.15) is 0 Å². The summed E-state index contributed by atoms with van der Waals surface area (Å²) in [6.07, 6.45) is 1.53. The first-order chi connectivity index (χ1) is 10.2. The Morgan fingerprint density at radius 1 is 1.27 bits per heavy atom. The van der Waals surface area contributed by atoms with Gasteiger partial charge in [-0.3, -0.25) is 0 Å². The maximum Gasteiger partial charge on any atom is 0.410 e. The lowest BCUT2D eigenvalue weighted by Crippen LogP contribution is -2.59. The van der Waals surface area contributed by atoms with Crippen molar-refractivity contribution in [3.8, 4) is 0 Å². The first-order valence-electron chi connectivity index (χ1n) is 7.65. The molecule has 1 saturated heterocycles. The average Bonchev–Trinajstić information content (AvgIpc) is 2.40. The number of hydrogen-bond donors (Lipinski definition) is 1. The molecule has 2 rings (SSSR count). The van der Waals surface area contributed by atoms with Crippen LogP contribution in [0.3, 0.4) is 0 Å². The maximum atomic E-state index is 12.3. The lowest BCUT2D eigenvalue weighted by Gasteiger charge is -2.45. The van der Waals surface area contributed by atoms with Crippen molar-refractivity contribution in [2.45, 2.75) is 52.3 Å². The van der Waals surface area contributed by atoms with E-state index in [9.17, 15) is 4.79 Å². The molecule has 0 radical (unpaired) electrons. The molecule has 1 aromatic rings. The smallest absolute Gasteiger partial charge is 0.410 e. The third-order valence-electron chi connectivity index (χ3n) is 3.72. The van der Waals surface area contributed by atoms with Gasteiger partial charge in [-0.25, -0.2) is 9.78 Å². The molecule has 0 bridgehead atoms. The Balaban J connectivity index is 2.08. The van der Waals surface area contributed by atoms with Gasteiger partial charge in [0.2, 0.25) is 0 Å². The number of hydrogen-bond acceptors (Lipinski definition) is 5. The number of carbonyl (C=O) groups is 1. The van der Waals surface area contributed by atoms with Crippen molar-refractivity contribution >= 4 is 17.6 Å². The molecule has 0 aromatic carbocycles. The molecule has 1 aliphatic rings. The monoisotopic (exact) mass is 306 g/mol. The molecule has 0 unspecified atom stereocenters. The van der Waals surface area contributed by atoms with Crippen LogP contribution in [0.2, 0.25) is 0 Å². The summed E-state index contributed by atoms with van der Waals surface area (Å²) in [4.78, 5) is 20.5. The molecule has 1 amide bonds. The highest BCUT2D eigenvalue weighted by molar-refractivity contribution is 5.69. The number of ether oxygens (including phenoxy) is 1. The van der Waals surface area contributed by atoms with Crippen LogP contribution < -0.4 is 10.6 Å². The predicted octanol–water partition coefficient (Wildman–Crippen LogP) is 2.50. The van der Waals surface area contributed by atoms with Gasteiger partial charge < -0.3 is 20.3 Å². The van der Waals surface area contributed by atoms with Gasteiger partial charge >= 0.3 is 6.09 Å². The van der Waals surface area contributed by atoms with Gasteiger partial charge in [-0.05, 0) is 46.8 Å². The molecular formula is C16H26N4O2. The molecule has 2 atom stereocenters. The molecule has 0 aliphatic carbocycles. The van der Waals surface area contributed by atoms with Crippen LogP contribution >= 0.6 is 0 Å². The van der Waals surface area contributed by atoms with E-state index in [1.165, 1.54) is 0 Å². The summed E-state index contributed by atoms with van der Waals surface area (Å²) in [5, 5.41) is 0. The zero-order chi connectivity index (χ0) is 16.5. The van der Waals surface area contributed by atoms with Crippen molar-refractivity contribution < 1.29 is 9.53 Å². The molecule has 0 saturated carbocycles. The largest absolute Gasteiger partial charge is 0.444 e. The summed E-state index contributed by atoms with van der Waals surface area (Å²) in [7, 11) is 0. The Hall–Kier alpha value is -1.98. The number of nitrogens with zero attached hydrogens (tertiary/aromatic N) is 3. The normalized spacial score (nSPS) is 22.6. The number of carbonyl (C=O) groups excluding carboxylic acids is 1. The van der Waals surface area contributed by atoms with Crippen molar-refractivity contribution in [1.82, 2.24) is 9.88 Å². The SMILES string of the molecule is C[C@@H]1CN(C(=O)OC(C)(C)C)[C@@H](C)CN1c1ccc(N)nc1. The molecule has 122 valence electrons. The lowest BCUT2D eigenvalue weighted by molar-refractivity contribution is 0.0130. The minimum Gasteiger partial charge on any atom is -0.444 e. The quantitative estimate of drug-likeness (QED) is 0.863. The molecule has 2 heterocycles. The number of anilines is 2. The van der Waals surface area contributed by atoms with Crippen LogP contribution in [0.4, 0.5) is 16.3 Å². The molecule has 2 N–H and O–H groups in total. The fraction of sp³-hybridized carbons (Fsp3) is 0.625. The molecule has 1 fully saturated rings. The summed E-state index contributed by atoms with van der Waals surface area (Å²) in [5.41, 5.74) is 6.19. The van der Waals surface area contributed by atoms with Crippen molar-refractivity contribution in [3.63, 3.8) is 0 Å². The average molecular weight is 306 g/mol. The first-order valence-corrected chi connectivity index (χ1v) is 7.65. The lowest BCUT2D eigenvalue weighted by atomic mass is 10.1. The van der Waals surface area contributed by atoms with Crippen molar-refractivity contribution in [2.75, 3.05) is 23.7 Å². The van der Waals surface area contributed by atoms with Gasteiger partial charge in [0.1, 0.15) is 11.4 Å². The van der Waals surface area contributed by atoms with Crippen LogP contribution in [0.1, 0.15) is 34.6 Å². The summed E-state index contributed by atoms with van der Waals surface area (Å²) >= 11 is 0. The van der Waals surface area contributed by atoms with Crippen LogP contribution in [0.25, 0.3) is 0 Å². The Morgan fingerprint density at radius 2 is 1.95 bits per heavy atom. The fourth-order valence-corrected chi connectivity index (χ4v) is 2.63. The van der Waals surface area contributed by atoms with Crippen LogP contribution in [0.5, 0.6) is 0 Å². The number of nitrogens with two attached hydrogens (primary N) is 1. The van der Waals surface area contributed by atoms with Crippen LogP contribution in [-0.4, -0.2) is 46.8 Å². The number of amides is 1. The molecular weight excluding hydrogens is 280 g/mol. The Bertz CT molecular complexity index is 524. The van der Waals surface area contributed by atoms with Gasteiger partial charge in [0.25, 0.3) is 0 Å². The number of pyridine rings is 1. The molecule has 22 heavy (non-hydrogen) atoms. The molecule has 1 aromatic heterocycles. The van der Waals surface area contributed by atoms with E-state index in [1.54, 1.807) is 17.2 Å². The van der Waals surface area contributed by atoms with E-state index in [-0.39, 0.29) is 18.2 Å². The Morgan fingerprint density at radius 3 is 2.50 bits per heavy atom. The van der Waals surface area contributed by atoms with Crippen LogP contribution in [-0.2, 0) is 4.74 Å². The van der Waals surface area contributed by atoms with Gasteiger partial charge in [0.15, 0.2) is 0 Å². The van der Waals surface area contributed by atoms with Crippen LogP contribution in [0, 0.1) is 0 Å². The minimum absolute atomic E-state index is 0.0728. The fourth-order valence-electron chi connectivity index (χ4n) is 2.63. The summed E-state index contributed by atoms with van der Waals surface area (Å²) < 4.78 is 5.49. The van der Waals surface area contributed by atoms with E-state index in [0.29, 0.717) is 12.4 Å². The number of piperazine rings is 1. The second-order valence-corrected chi connectivity index (χ2v) is 6.92.